The summed E-state index contributed by atoms with van der Waals surface area (Å²) in [6, 6.07) is 5.87. The van der Waals surface area contributed by atoms with Gasteiger partial charge in [-0.05, 0) is 38.0 Å². The molecule has 0 fully saturated rings. The number of nitrogens with zero attached hydrogens (tertiary/aromatic N) is 1. The Kier molecular flexibility index (Phi) is 6.16. The minimum absolute atomic E-state index is 0.101. The summed E-state index contributed by atoms with van der Waals surface area (Å²) < 4.78 is 0. The number of carbonyl (C=O) groups excluding carboxylic acids is 1. The Labute approximate surface area is 144 Å². The predicted octanol–water partition coefficient (Wildman–Crippen LogP) is 1.96. The van der Waals surface area contributed by atoms with Crippen LogP contribution in [0.25, 0.3) is 0 Å². The van der Waals surface area contributed by atoms with Gasteiger partial charge in [0, 0.05) is 30.0 Å². The number of aliphatic hydroxyl groups is 1. The molecular formula is C17H21N3O3S. The van der Waals surface area contributed by atoms with Crippen LogP contribution < -0.4 is 10.9 Å². The highest BCUT2D eigenvalue weighted by molar-refractivity contribution is 7.99. The number of thioether (sulfide) groups is 1. The van der Waals surface area contributed by atoms with Crippen molar-refractivity contribution in [3.05, 3.63) is 50.9 Å². The summed E-state index contributed by atoms with van der Waals surface area (Å²) in [6.07, 6.45) is 0.270. The number of aromatic amines is 1. The molecule has 0 atom stereocenters. The van der Waals surface area contributed by atoms with E-state index in [1.54, 1.807) is 6.92 Å². The normalized spacial score (nSPS) is 10.7. The van der Waals surface area contributed by atoms with E-state index in [-0.39, 0.29) is 30.2 Å². The van der Waals surface area contributed by atoms with Gasteiger partial charge in [-0.15, -0.1) is 0 Å². The van der Waals surface area contributed by atoms with Crippen LogP contribution in [0.1, 0.15) is 22.4 Å². The minimum atomic E-state index is -0.269. The van der Waals surface area contributed by atoms with E-state index >= 15 is 0 Å². The van der Waals surface area contributed by atoms with Crippen LogP contribution in [0.15, 0.2) is 28.2 Å². The first kappa shape index (κ1) is 18.2. The molecule has 3 N–H and O–H groups in total. The molecule has 0 aliphatic heterocycles. The van der Waals surface area contributed by atoms with E-state index in [9.17, 15) is 9.59 Å². The molecule has 0 saturated heterocycles. The van der Waals surface area contributed by atoms with Gasteiger partial charge in [0.2, 0.25) is 5.91 Å². The number of H-pyrrole nitrogens is 1. The van der Waals surface area contributed by atoms with Crippen molar-refractivity contribution in [3.63, 3.8) is 0 Å². The number of nitrogens with one attached hydrogen (secondary N) is 2. The lowest BCUT2D eigenvalue weighted by Gasteiger charge is -2.09. The molecule has 2 aromatic rings. The van der Waals surface area contributed by atoms with Crippen molar-refractivity contribution in [1.82, 2.24) is 9.97 Å². The van der Waals surface area contributed by atoms with Gasteiger partial charge in [0.1, 0.15) is 0 Å². The number of amides is 1. The molecule has 0 saturated carbocycles. The van der Waals surface area contributed by atoms with Gasteiger partial charge in [-0.3, -0.25) is 9.59 Å². The van der Waals surface area contributed by atoms with E-state index in [4.69, 9.17) is 5.11 Å². The first-order chi connectivity index (χ1) is 11.4. The fourth-order valence-corrected chi connectivity index (χ4v) is 2.96. The number of carbonyl (C=O) groups is 1. The Balaban J connectivity index is 2.01. The maximum atomic E-state index is 12.1. The van der Waals surface area contributed by atoms with Crippen LogP contribution >= 0.6 is 11.8 Å². The number of anilines is 1. The van der Waals surface area contributed by atoms with Crippen molar-refractivity contribution in [1.29, 1.82) is 0 Å². The van der Waals surface area contributed by atoms with Crippen molar-refractivity contribution < 1.29 is 9.90 Å². The number of hydrogen-bond acceptors (Lipinski definition) is 5. The van der Waals surface area contributed by atoms with Gasteiger partial charge < -0.3 is 15.4 Å². The molecule has 0 aliphatic rings. The topological polar surface area (TPSA) is 95.1 Å². The van der Waals surface area contributed by atoms with Crippen LogP contribution in [0.5, 0.6) is 0 Å². The fourth-order valence-electron chi connectivity index (χ4n) is 2.25. The summed E-state index contributed by atoms with van der Waals surface area (Å²) in [7, 11) is 0. The van der Waals surface area contributed by atoms with Gasteiger partial charge in [0.05, 0.1) is 5.75 Å². The van der Waals surface area contributed by atoms with E-state index in [0.717, 1.165) is 16.8 Å². The summed E-state index contributed by atoms with van der Waals surface area (Å²) in [5.74, 6) is -0.0109. The second kappa shape index (κ2) is 8.12. The molecule has 0 spiro atoms. The summed E-state index contributed by atoms with van der Waals surface area (Å²) in [4.78, 5) is 31.0. The summed E-state index contributed by atoms with van der Waals surface area (Å²) in [5.41, 5.74) is 3.64. The number of rotatable bonds is 6. The highest BCUT2D eigenvalue weighted by atomic mass is 32.2. The molecule has 0 bridgehead atoms. The molecule has 7 heteroatoms. The number of hydrogen-bond donors (Lipinski definition) is 3. The molecule has 1 amide bonds. The second-order valence-electron chi connectivity index (χ2n) is 5.56. The first-order valence-electron chi connectivity index (χ1n) is 7.61. The summed E-state index contributed by atoms with van der Waals surface area (Å²) >= 11 is 1.17. The van der Waals surface area contributed by atoms with Crippen LogP contribution in [0, 0.1) is 20.8 Å². The van der Waals surface area contributed by atoms with Crippen molar-refractivity contribution in [2.24, 2.45) is 0 Å². The Morgan fingerprint density at radius 2 is 2.08 bits per heavy atom. The average Bonchev–Trinajstić information content (AvgIpc) is 2.52. The van der Waals surface area contributed by atoms with Gasteiger partial charge in [-0.2, -0.15) is 0 Å². The van der Waals surface area contributed by atoms with E-state index < -0.39 is 0 Å². The third-order valence-corrected chi connectivity index (χ3v) is 4.44. The van der Waals surface area contributed by atoms with Crippen LogP contribution in [-0.2, 0) is 11.2 Å². The van der Waals surface area contributed by atoms with Gasteiger partial charge in [0.25, 0.3) is 5.56 Å². The molecule has 0 aliphatic carbocycles. The number of aromatic nitrogens is 2. The zero-order valence-corrected chi connectivity index (χ0v) is 14.8. The zero-order chi connectivity index (χ0) is 17.7. The molecule has 1 aromatic carbocycles. The van der Waals surface area contributed by atoms with Crippen LogP contribution in [0.4, 0.5) is 5.69 Å². The van der Waals surface area contributed by atoms with Gasteiger partial charge in [-0.25, -0.2) is 4.98 Å². The van der Waals surface area contributed by atoms with Gasteiger partial charge >= 0.3 is 0 Å². The monoisotopic (exact) mass is 347 g/mol. The van der Waals surface area contributed by atoms with Gasteiger partial charge in [0.15, 0.2) is 5.16 Å². The number of aliphatic hydroxyl groups excluding tert-OH is 1. The maximum absolute atomic E-state index is 12.1. The highest BCUT2D eigenvalue weighted by Crippen LogP contribution is 2.18. The molecule has 1 aromatic heterocycles. The molecule has 1 heterocycles. The minimum Gasteiger partial charge on any atom is -0.396 e. The predicted molar refractivity (Wildman–Crippen MR) is 95.7 cm³/mol. The molecule has 0 unspecified atom stereocenters. The highest BCUT2D eigenvalue weighted by Gasteiger charge is 2.11. The van der Waals surface area contributed by atoms with Crippen LogP contribution in [-0.4, -0.2) is 33.3 Å². The first-order valence-corrected chi connectivity index (χ1v) is 8.60. The Morgan fingerprint density at radius 1 is 1.33 bits per heavy atom. The summed E-state index contributed by atoms with van der Waals surface area (Å²) in [5, 5.41) is 12.2. The molecule has 0 radical (unpaired) electrons. The average molecular weight is 347 g/mol. The SMILES string of the molecule is Cc1ccc(C)c(NC(=O)CSc2nc(C)c(CCO)c(=O)[nH]2)c1. The second-order valence-corrected chi connectivity index (χ2v) is 6.53. The molecule has 6 nitrogen and oxygen atoms in total. The number of aryl methyl sites for hydroxylation is 3. The fraction of sp³-hybridized carbons (Fsp3) is 0.353. The Bertz CT molecular complexity index is 802. The van der Waals surface area contributed by atoms with Gasteiger partial charge in [-0.1, -0.05) is 23.9 Å². The van der Waals surface area contributed by atoms with E-state index in [0.29, 0.717) is 16.4 Å². The zero-order valence-electron chi connectivity index (χ0n) is 14.0. The Hall–Kier alpha value is -2.12. The van der Waals surface area contributed by atoms with E-state index in [2.05, 4.69) is 15.3 Å². The third-order valence-electron chi connectivity index (χ3n) is 3.57. The molecule has 2 rings (SSSR count). The number of benzene rings is 1. The van der Waals surface area contributed by atoms with Crippen molar-refractivity contribution in [3.8, 4) is 0 Å². The quantitative estimate of drug-likeness (QED) is 0.548. The third kappa shape index (κ3) is 4.69. The molecular weight excluding hydrogens is 326 g/mol. The standard InChI is InChI=1S/C17H21N3O3S/c1-10-4-5-11(2)14(8-10)19-15(22)9-24-17-18-12(3)13(6-7-21)16(23)20-17/h4-5,8,21H,6-7,9H2,1-3H3,(H,19,22)(H,18,20,23). The van der Waals surface area contributed by atoms with Crippen molar-refractivity contribution in [2.75, 3.05) is 17.7 Å². The lowest BCUT2D eigenvalue weighted by Crippen LogP contribution is -2.19. The van der Waals surface area contributed by atoms with Crippen LogP contribution in [0.3, 0.4) is 0 Å². The lowest BCUT2D eigenvalue weighted by atomic mass is 10.1. The largest absolute Gasteiger partial charge is 0.396 e. The molecule has 128 valence electrons. The summed E-state index contributed by atoms with van der Waals surface area (Å²) in [6.45, 7) is 5.52. The maximum Gasteiger partial charge on any atom is 0.255 e. The van der Waals surface area contributed by atoms with E-state index in [1.807, 2.05) is 32.0 Å². The van der Waals surface area contributed by atoms with E-state index in [1.165, 1.54) is 11.8 Å². The van der Waals surface area contributed by atoms with Crippen molar-refractivity contribution in [2.45, 2.75) is 32.3 Å². The van der Waals surface area contributed by atoms with Crippen molar-refractivity contribution >= 4 is 23.4 Å². The smallest absolute Gasteiger partial charge is 0.255 e. The molecule has 24 heavy (non-hydrogen) atoms. The van der Waals surface area contributed by atoms with Crippen LogP contribution in [0.2, 0.25) is 0 Å². The Morgan fingerprint density at radius 3 is 2.75 bits per heavy atom. The lowest BCUT2D eigenvalue weighted by molar-refractivity contribution is -0.113.